The molecule has 2 aliphatic rings. The number of nitrogens with one attached hydrogen (secondary N) is 4. The van der Waals surface area contributed by atoms with E-state index in [0.717, 1.165) is 5.70 Å². The van der Waals surface area contributed by atoms with Crippen molar-refractivity contribution in [3.63, 3.8) is 0 Å². The van der Waals surface area contributed by atoms with Gasteiger partial charge in [-0.15, -0.1) is 0 Å². The minimum atomic E-state index is -0.767. The second-order valence-corrected chi connectivity index (χ2v) is 2.53. The van der Waals surface area contributed by atoms with Crippen molar-refractivity contribution < 1.29 is 5.11 Å². The quantitative estimate of drug-likeness (QED) is 0.225. The van der Waals surface area contributed by atoms with Gasteiger partial charge in [0.05, 0.1) is 12.4 Å². The van der Waals surface area contributed by atoms with Gasteiger partial charge in [0.25, 0.3) is 0 Å². The fourth-order valence-electron chi connectivity index (χ4n) is 1.27. The predicted molar refractivity (Wildman–Crippen MR) is 38.4 cm³/mol. The maximum atomic E-state index is 9.12. The molecule has 0 saturated carbocycles. The van der Waals surface area contributed by atoms with E-state index in [0.29, 0.717) is 12.5 Å². The largest absolute Gasteiger partial charge is 0.384 e. The highest BCUT2D eigenvalue weighted by atomic mass is 16.3. The Balaban J connectivity index is 2.23. The van der Waals surface area contributed by atoms with Crippen molar-refractivity contribution in [3.8, 4) is 0 Å². The van der Waals surface area contributed by atoms with Gasteiger partial charge < -0.3 is 21.5 Å². The standard InChI is InChI=1S/C5H11N5O/c6-3-2-4(8-1-7-2)10-5(11)9-3/h4-5,7-11H,1,6H2. The van der Waals surface area contributed by atoms with Crippen LogP contribution in [0.2, 0.25) is 0 Å². The van der Waals surface area contributed by atoms with Crippen LogP contribution in [-0.4, -0.2) is 24.3 Å². The summed E-state index contributed by atoms with van der Waals surface area (Å²) in [4.78, 5) is 0. The molecule has 2 unspecified atom stereocenters. The second kappa shape index (κ2) is 2.26. The van der Waals surface area contributed by atoms with Crippen LogP contribution >= 0.6 is 0 Å². The molecule has 1 saturated heterocycles. The summed E-state index contributed by atoms with van der Waals surface area (Å²) in [6.45, 7) is 0.669. The first kappa shape index (κ1) is 6.71. The molecular formula is C5H11N5O. The zero-order chi connectivity index (χ0) is 7.84. The molecule has 11 heavy (non-hydrogen) atoms. The number of nitrogens with two attached hydrogens (primary N) is 1. The minimum absolute atomic E-state index is 0.0498. The molecule has 0 radical (unpaired) electrons. The van der Waals surface area contributed by atoms with Gasteiger partial charge in [-0.25, -0.2) is 0 Å². The summed E-state index contributed by atoms with van der Waals surface area (Å²) < 4.78 is 0. The van der Waals surface area contributed by atoms with Gasteiger partial charge in [-0.2, -0.15) is 0 Å². The van der Waals surface area contributed by atoms with Crippen molar-refractivity contribution in [1.29, 1.82) is 0 Å². The van der Waals surface area contributed by atoms with Crippen LogP contribution in [0.3, 0.4) is 0 Å². The molecule has 2 heterocycles. The van der Waals surface area contributed by atoms with E-state index in [1.807, 2.05) is 0 Å². The van der Waals surface area contributed by atoms with Crippen molar-refractivity contribution in [2.45, 2.75) is 12.5 Å². The number of hydrogen-bond donors (Lipinski definition) is 6. The molecule has 7 N–H and O–H groups in total. The minimum Gasteiger partial charge on any atom is -0.384 e. The van der Waals surface area contributed by atoms with Crippen molar-refractivity contribution >= 4 is 0 Å². The lowest BCUT2D eigenvalue weighted by Gasteiger charge is -2.27. The zero-order valence-electron chi connectivity index (χ0n) is 5.89. The molecule has 0 aromatic rings. The lowest BCUT2D eigenvalue weighted by atomic mass is 10.3. The third kappa shape index (κ3) is 1.01. The van der Waals surface area contributed by atoms with Crippen LogP contribution in [0.4, 0.5) is 0 Å². The SMILES string of the molecule is NC1=C2NCNC2NC(O)N1. The highest BCUT2D eigenvalue weighted by molar-refractivity contribution is 5.20. The van der Waals surface area contributed by atoms with Crippen LogP contribution in [0.1, 0.15) is 0 Å². The maximum Gasteiger partial charge on any atom is 0.184 e. The molecule has 0 aromatic heterocycles. The topological polar surface area (TPSA) is 94.4 Å². The molecule has 62 valence electrons. The van der Waals surface area contributed by atoms with Gasteiger partial charge in [-0.3, -0.25) is 10.6 Å². The highest BCUT2D eigenvalue weighted by Gasteiger charge is 2.28. The fourth-order valence-corrected chi connectivity index (χ4v) is 1.27. The smallest absolute Gasteiger partial charge is 0.184 e. The molecular weight excluding hydrogens is 146 g/mol. The molecule has 6 nitrogen and oxygen atoms in total. The van der Waals surface area contributed by atoms with Gasteiger partial charge in [-0.1, -0.05) is 0 Å². The molecule has 0 spiro atoms. The van der Waals surface area contributed by atoms with Crippen LogP contribution < -0.4 is 27.0 Å². The van der Waals surface area contributed by atoms with Crippen LogP contribution in [0.5, 0.6) is 0 Å². The molecule has 0 aromatic carbocycles. The Kier molecular flexibility index (Phi) is 1.38. The van der Waals surface area contributed by atoms with Gasteiger partial charge in [0.15, 0.2) is 6.35 Å². The maximum absolute atomic E-state index is 9.12. The van der Waals surface area contributed by atoms with Crippen LogP contribution in [0.25, 0.3) is 0 Å². The zero-order valence-corrected chi connectivity index (χ0v) is 5.89. The van der Waals surface area contributed by atoms with E-state index in [2.05, 4.69) is 21.3 Å². The summed E-state index contributed by atoms with van der Waals surface area (Å²) in [6, 6.07) is 0. The van der Waals surface area contributed by atoms with Gasteiger partial charge in [0.2, 0.25) is 0 Å². The first-order valence-electron chi connectivity index (χ1n) is 3.45. The van der Waals surface area contributed by atoms with Crippen LogP contribution in [0.15, 0.2) is 11.5 Å². The van der Waals surface area contributed by atoms with Gasteiger partial charge in [-0.05, 0) is 0 Å². The average Bonchev–Trinajstić information content (AvgIpc) is 2.34. The number of aliphatic hydroxyl groups is 1. The van der Waals surface area contributed by atoms with E-state index in [4.69, 9.17) is 10.8 Å². The average molecular weight is 157 g/mol. The van der Waals surface area contributed by atoms with Crippen LogP contribution in [-0.2, 0) is 0 Å². The fraction of sp³-hybridized carbons (Fsp3) is 0.600. The lowest BCUT2D eigenvalue weighted by Crippen LogP contribution is -2.57. The Bertz CT molecular complexity index is 203. The molecule has 2 rings (SSSR count). The number of aliphatic hydroxyl groups excluding tert-OH is 1. The van der Waals surface area contributed by atoms with E-state index < -0.39 is 6.35 Å². The van der Waals surface area contributed by atoms with Crippen molar-refractivity contribution in [2.24, 2.45) is 5.73 Å². The molecule has 0 aliphatic carbocycles. The first-order chi connectivity index (χ1) is 5.27. The lowest BCUT2D eigenvalue weighted by molar-refractivity contribution is 0.0908. The first-order valence-corrected chi connectivity index (χ1v) is 3.45. The van der Waals surface area contributed by atoms with E-state index in [9.17, 15) is 0 Å². The van der Waals surface area contributed by atoms with Crippen LogP contribution in [0, 0.1) is 0 Å². The Hall–Kier alpha value is -0.980. The molecule has 0 amide bonds. The Morgan fingerprint density at radius 3 is 3.18 bits per heavy atom. The number of fused-ring (bicyclic) bond motifs is 1. The van der Waals surface area contributed by atoms with Gasteiger partial charge in [0, 0.05) is 0 Å². The second-order valence-electron chi connectivity index (χ2n) is 2.53. The van der Waals surface area contributed by atoms with E-state index in [-0.39, 0.29) is 6.17 Å². The molecule has 0 bridgehead atoms. The summed E-state index contributed by atoms with van der Waals surface area (Å²) in [5.74, 6) is 0.492. The van der Waals surface area contributed by atoms with Gasteiger partial charge in [0.1, 0.15) is 12.0 Å². The Labute approximate surface area is 63.8 Å². The van der Waals surface area contributed by atoms with E-state index >= 15 is 0 Å². The number of hydrogen-bond acceptors (Lipinski definition) is 6. The normalized spacial score (nSPS) is 36.1. The van der Waals surface area contributed by atoms with Crippen molar-refractivity contribution in [2.75, 3.05) is 6.67 Å². The van der Waals surface area contributed by atoms with Gasteiger partial charge >= 0.3 is 0 Å². The third-order valence-corrected chi connectivity index (χ3v) is 1.78. The summed E-state index contributed by atoms with van der Waals surface area (Å²) >= 11 is 0. The van der Waals surface area contributed by atoms with E-state index in [1.165, 1.54) is 0 Å². The Morgan fingerprint density at radius 2 is 2.36 bits per heavy atom. The summed E-state index contributed by atoms with van der Waals surface area (Å²) in [7, 11) is 0. The summed E-state index contributed by atoms with van der Waals surface area (Å²) in [5.41, 5.74) is 6.45. The molecule has 2 aliphatic heterocycles. The third-order valence-electron chi connectivity index (χ3n) is 1.78. The summed E-state index contributed by atoms with van der Waals surface area (Å²) in [6.07, 6.45) is -0.817. The van der Waals surface area contributed by atoms with Crippen molar-refractivity contribution in [1.82, 2.24) is 21.3 Å². The highest BCUT2D eigenvalue weighted by Crippen LogP contribution is 2.07. The summed E-state index contributed by atoms with van der Waals surface area (Å²) in [5, 5.41) is 20.7. The molecule has 2 atom stereocenters. The van der Waals surface area contributed by atoms with Crippen molar-refractivity contribution in [3.05, 3.63) is 11.5 Å². The Morgan fingerprint density at radius 1 is 1.55 bits per heavy atom. The molecule has 6 heteroatoms. The monoisotopic (exact) mass is 157 g/mol. The number of rotatable bonds is 0. The van der Waals surface area contributed by atoms with E-state index in [1.54, 1.807) is 0 Å². The predicted octanol–water partition coefficient (Wildman–Crippen LogP) is -2.94. The molecule has 1 fully saturated rings.